The Balaban J connectivity index is 1.52. The van der Waals surface area contributed by atoms with Crippen molar-refractivity contribution in [3.05, 3.63) is 90.0 Å². The van der Waals surface area contributed by atoms with Crippen LogP contribution in [0.2, 0.25) is 0 Å². The quantitative estimate of drug-likeness (QED) is 0.486. The Labute approximate surface area is 168 Å². The number of nitrogens with one attached hydrogen (secondary N) is 1. The third kappa shape index (κ3) is 4.10. The van der Waals surface area contributed by atoms with Crippen molar-refractivity contribution >= 4 is 28.7 Å². The lowest BCUT2D eigenvalue weighted by atomic mass is 10.2. The van der Waals surface area contributed by atoms with Gasteiger partial charge in [-0.3, -0.25) is 9.36 Å². The summed E-state index contributed by atoms with van der Waals surface area (Å²) in [6, 6.07) is 26.3. The molecule has 0 saturated carbocycles. The van der Waals surface area contributed by atoms with Crippen molar-refractivity contribution < 1.29 is 4.79 Å². The summed E-state index contributed by atoms with van der Waals surface area (Å²) in [5, 5.41) is 3.79. The average molecular weight is 388 g/mol. The topological polar surface area (TPSA) is 46.9 Å². The van der Waals surface area contributed by atoms with Crippen LogP contribution in [0.4, 0.5) is 0 Å². The predicted molar refractivity (Wildman–Crippen MR) is 115 cm³/mol. The van der Waals surface area contributed by atoms with Gasteiger partial charge in [-0.2, -0.15) is 0 Å². The fraction of sp³-hybridized carbons (Fsp3) is 0.130. The van der Waals surface area contributed by atoms with Crippen molar-refractivity contribution in [3.63, 3.8) is 0 Å². The van der Waals surface area contributed by atoms with E-state index in [0.717, 1.165) is 27.4 Å². The van der Waals surface area contributed by atoms with Crippen molar-refractivity contribution in [1.29, 1.82) is 0 Å². The molecule has 0 aliphatic carbocycles. The summed E-state index contributed by atoms with van der Waals surface area (Å²) in [7, 11) is 0. The van der Waals surface area contributed by atoms with Crippen LogP contribution in [-0.4, -0.2) is 21.2 Å². The van der Waals surface area contributed by atoms with Gasteiger partial charge in [-0.15, -0.1) is 0 Å². The Bertz CT molecular complexity index is 1090. The van der Waals surface area contributed by atoms with Crippen LogP contribution in [0, 0.1) is 6.92 Å². The molecule has 4 aromatic rings. The predicted octanol–water partition coefficient (Wildman–Crippen LogP) is 4.74. The first-order valence-corrected chi connectivity index (χ1v) is 10.2. The minimum absolute atomic E-state index is 0.00337. The number of hydrogen-bond acceptors (Lipinski definition) is 3. The molecule has 0 spiro atoms. The van der Waals surface area contributed by atoms with E-state index in [-0.39, 0.29) is 5.91 Å². The number of carbonyl (C=O) groups excluding carboxylic acids is 1. The molecule has 3 aromatic carbocycles. The SMILES string of the molecule is Cc1ccc(-n2c(SCC(=O)NCc3ccccc3)nc3ccccc32)cc1. The Morgan fingerprint density at radius 3 is 2.46 bits per heavy atom. The summed E-state index contributed by atoms with van der Waals surface area (Å²) in [6.45, 7) is 2.61. The van der Waals surface area contributed by atoms with Crippen molar-refractivity contribution in [2.45, 2.75) is 18.6 Å². The lowest BCUT2D eigenvalue weighted by Crippen LogP contribution is -2.24. The van der Waals surface area contributed by atoms with Crippen LogP contribution in [0.15, 0.2) is 84.0 Å². The molecule has 1 amide bonds. The van der Waals surface area contributed by atoms with E-state index in [4.69, 9.17) is 4.98 Å². The molecule has 1 heterocycles. The van der Waals surface area contributed by atoms with Gasteiger partial charge in [0, 0.05) is 12.2 Å². The lowest BCUT2D eigenvalue weighted by molar-refractivity contribution is -0.118. The van der Waals surface area contributed by atoms with E-state index in [1.807, 2.05) is 48.5 Å². The van der Waals surface area contributed by atoms with E-state index >= 15 is 0 Å². The zero-order chi connectivity index (χ0) is 19.3. The Hall–Kier alpha value is -3.05. The number of para-hydroxylation sites is 2. The number of rotatable bonds is 6. The van der Waals surface area contributed by atoms with Crippen molar-refractivity contribution in [2.75, 3.05) is 5.75 Å². The van der Waals surface area contributed by atoms with E-state index in [0.29, 0.717) is 12.3 Å². The van der Waals surface area contributed by atoms with Gasteiger partial charge in [0.25, 0.3) is 0 Å². The van der Waals surface area contributed by atoms with E-state index in [1.54, 1.807) is 0 Å². The zero-order valence-corrected chi connectivity index (χ0v) is 16.4. The molecule has 0 aliphatic rings. The van der Waals surface area contributed by atoms with Crippen LogP contribution in [0.3, 0.4) is 0 Å². The van der Waals surface area contributed by atoms with Crippen LogP contribution in [-0.2, 0) is 11.3 Å². The first-order valence-electron chi connectivity index (χ1n) is 9.19. The number of aryl methyl sites for hydroxylation is 1. The zero-order valence-electron chi connectivity index (χ0n) is 15.6. The third-order valence-electron chi connectivity index (χ3n) is 4.49. The van der Waals surface area contributed by atoms with Gasteiger partial charge in [0.05, 0.1) is 16.8 Å². The van der Waals surface area contributed by atoms with Gasteiger partial charge in [0.2, 0.25) is 5.91 Å². The van der Waals surface area contributed by atoms with Crippen LogP contribution in [0.1, 0.15) is 11.1 Å². The molecular weight excluding hydrogens is 366 g/mol. The highest BCUT2D eigenvalue weighted by atomic mass is 32.2. The maximum Gasteiger partial charge on any atom is 0.230 e. The van der Waals surface area contributed by atoms with E-state index in [1.165, 1.54) is 17.3 Å². The van der Waals surface area contributed by atoms with Crippen molar-refractivity contribution in [3.8, 4) is 5.69 Å². The normalized spacial score (nSPS) is 10.9. The summed E-state index contributed by atoms with van der Waals surface area (Å²) < 4.78 is 2.11. The molecule has 28 heavy (non-hydrogen) atoms. The highest BCUT2D eigenvalue weighted by Crippen LogP contribution is 2.28. The highest BCUT2D eigenvalue weighted by molar-refractivity contribution is 7.99. The molecule has 4 rings (SSSR count). The minimum atomic E-state index is -0.00337. The molecule has 140 valence electrons. The molecule has 1 aromatic heterocycles. The number of fused-ring (bicyclic) bond motifs is 1. The second-order valence-corrected chi connectivity index (χ2v) is 7.55. The van der Waals surface area contributed by atoms with Crippen LogP contribution >= 0.6 is 11.8 Å². The van der Waals surface area contributed by atoms with Gasteiger partial charge in [-0.25, -0.2) is 4.98 Å². The summed E-state index contributed by atoms with van der Waals surface area (Å²) in [6.07, 6.45) is 0. The number of amides is 1. The summed E-state index contributed by atoms with van der Waals surface area (Å²) >= 11 is 1.45. The molecule has 0 aliphatic heterocycles. The maximum atomic E-state index is 12.3. The summed E-state index contributed by atoms with van der Waals surface area (Å²) in [5.41, 5.74) is 5.32. The molecule has 4 nitrogen and oxygen atoms in total. The molecule has 1 N–H and O–H groups in total. The molecule has 0 unspecified atom stereocenters. The Kier molecular flexibility index (Phi) is 5.44. The molecule has 0 saturated heterocycles. The monoisotopic (exact) mass is 387 g/mol. The number of benzene rings is 3. The molecule has 0 radical (unpaired) electrons. The third-order valence-corrected chi connectivity index (χ3v) is 5.43. The standard InChI is InChI=1S/C23H21N3OS/c1-17-11-13-19(14-12-17)26-21-10-6-5-9-20(21)25-23(26)28-16-22(27)24-15-18-7-3-2-4-8-18/h2-14H,15-16H2,1H3,(H,24,27). The first kappa shape index (κ1) is 18.3. The van der Waals surface area contributed by atoms with Crippen molar-refractivity contribution in [2.24, 2.45) is 0 Å². The number of thioether (sulfide) groups is 1. The van der Waals surface area contributed by atoms with E-state index < -0.39 is 0 Å². The van der Waals surface area contributed by atoms with Gasteiger partial charge < -0.3 is 5.32 Å². The summed E-state index contributed by atoms with van der Waals surface area (Å²) in [5.74, 6) is 0.318. The number of hydrogen-bond donors (Lipinski definition) is 1. The number of imidazole rings is 1. The van der Waals surface area contributed by atoms with Gasteiger partial charge in [0.1, 0.15) is 0 Å². The van der Waals surface area contributed by atoms with Gasteiger partial charge in [0.15, 0.2) is 5.16 Å². The number of nitrogens with zero attached hydrogens (tertiary/aromatic N) is 2. The second-order valence-electron chi connectivity index (χ2n) is 6.61. The Morgan fingerprint density at radius 2 is 1.68 bits per heavy atom. The van der Waals surface area contributed by atoms with Gasteiger partial charge >= 0.3 is 0 Å². The van der Waals surface area contributed by atoms with Crippen LogP contribution in [0.5, 0.6) is 0 Å². The molecule has 0 fully saturated rings. The van der Waals surface area contributed by atoms with Crippen LogP contribution < -0.4 is 5.32 Å². The highest BCUT2D eigenvalue weighted by Gasteiger charge is 2.14. The lowest BCUT2D eigenvalue weighted by Gasteiger charge is -2.10. The number of carbonyl (C=O) groups is 1. The van der Waals surface area contributed by atoms with E-state index in [9.17, 15) is 4.79 Å². The number of aromatic nitrogens is 2. The first-order chi connectivity index (χ1) is 13.7. The largest absolute Gasteiger partial charge is 0.351 e. The van der Waals surface area contributed by atoms with Crippen molar-refractivity contribution in [1.82, 2.24) is 14.9 Å². The molecule has 0 bridgehead atoms. The molecular formula is C23H21N3OS. The average Bonchev–Trinajstić information content (AvgIpc) is 3.10. The van der Waals surface area contributed by atoms with Crippen LogP contribution in [0.25, 0.3) is 16.7 Å². The van der Waals surface area contributed by atoms with Gasteiger partial charge in [-0.05, 0) is 36.8 Å². The maximum absolute atomic E-state index is 12.3. The fourth-order valence-corrected chi connectivity index (χ4v) is 3.88. The Morgan fingerprint density at radius 1 is 0.964 bits per heavy atom. The smallest absolute Gasteiger partial charge is 0.230 e. The van der Waals surface area contributed by atoms with E-state index in [2.05, 4.69) is 47.1 Å². The summed E-state index contributed by atoms with van der Waals surface area (Å²) in [4.78, 5) is 17.1. The second kappa shape index (κ2) is 8.31. The van der Waals surface area contributed by atoms with Gasteiger partial charge in [-0.1, -0.05) is 71.9 Å². The minimum Gasteiger partial charge on any atom is -0.351 e. The molecule has 5 heteroatoms. The molecule has 0 atom stereocenters. The fourth-order valence-electron chi connectivity index (χ4n) is 3.02.